The first-order valence-corrected chi connectivity index (χ1v) is 10.1. The minimum absolute atomic E-state index is 0.0504. The average Bonchev–Trinajstić information content (AvgIpc) is 3.40. The lowest BCUT2D eigenvalue weighted by molar-refractivity contribution is -0.121. The Morgan fingerprint density at radius 3 is 2.36 bits per heavy atom. The highest BCUT2D eigenvalue weighted by molar-refractivity contribution is 5.95. The van der Waals surface area contributed by atoms with Crippen molar-refractivity contribution in [2.45, 2.75) is 25.7 Å². The normalized spacial score (nSPS) is 22.4. The SMILES string of the molecule is O=C(Nc1ccc(N2CCNC2=O)cc1)[C@@H]1CCCN(C(=O)N2CCCC2)C1. The number of benzene rings is 1. The summed E-state index contributed by atoms with van der Waals surface area (Å²) in [5.74, 6) is -0.241. The Bertz CT molecular complexity index is 745. The minimum atomic E-state index is -0.190. The summed E-state index contributed by atoms with van der Waals surface area (Å²) < 4.78 is 0. The summed E-state index contributed by atoms with van der Waals surface area (Å²) in [5, 5.41) is 5.73. The van der Waals surface area contributed by atoms with E-state index in [0.29, 0.717) is 25.3 Å². The van der Waals surface area contributed by atoms with Gasteiger partial charge in [0.1, 0.15) is 0 Å². The fraction of sp³-hybridized carbons (Fsp3) is 0.550. The number of carbonyl (C=O) groups is 3. The van der Waals surface area contributed by atoms with Gasteiger partial charge in [-0.1, -0.05) is 0 Å². The molecule has 8 heteroatoms. The summed E-state index contributed by atoms with van der Waals surface area (Å²) in [6, 6.07) is 7.28. The van der Waals surface area contributed by atoms with Crippen molar-refractivity contribution in [3.63, 3.8) is 0 Å². The molecule has 0 radical (unpaired) electrons. The zero-order chi connectivity index (χ0) is 19.5. The molecular weight excluding hydrogens is 358 g/mol. The Labute approximate surface area is 164 Å². The van der Waals surface area contributed by atoms with Crippen molar-refractivity contribution < 1.29 is 14.4 Å². The summed E-state index contributed by atoms with van der Waals surface area (Å²) in [6.07, 6.45) is 3.78. The quantitative estimate of drug-likeness (QED) is 0.835. The largest absolute Gasteiger partial charge is 0.336 e. The maximum Gasteiger partial charge on any atom is 0.321 e. The van der Waals surface area contributed by atoms with Crippen molar-refractivity contribution in [2.75, 3.05) is 49.5 Å². The number of nitrogens with zero attached hydrogens (tertiary/aromatic N) is 3. The molecule has 0 aliphatic carbocycles. The van der Waals surface area contributed by atoms with Gasteiger partial charge in [0.2, 0.25) is 5.91 Å². The molecule has 0 bridgehead atoms. The highest BCUT2D eigenvalue weighted by Crippen LogP contribution is 2.23. The molecule has 3 saturated heterocycles. The number of hydrogen-bond donors (Lipinski definition) is 2. The van der Waals surface area contributed by atoms with E-state index in [-0.39, 0.29) is 23.9 Å². The lowest BCUT2D eigenvalue weighted by atomic mass is 9.97. The van der Waals surface area contributed by atoms with Crippen LogP contribution in [-0.4, -0.2) is 67.0 Å². The van der Waals surface area contributed by atoms with Crippen molar-refractivity contribution in [1.29, 1.82) is 0 Å². The van der Waals surface area contributed by atoms with Crippen LogP contribution in [-0.2, 0) is 4.79 Å². The van der Waals surface area contributed by atoms with Crippen LogP contribution in [0.4, 0.5) is 21.0 Å². The molecule has 150 valence electrons. The van der Waals surface area contributed by atoms with Gasteiger partial charge in [-0.3, -0.25) is 9.69 Å². The Morgan fingerprint density at radius 2 is 1.68 bits per heavy atom. The van der Waals surface area contributed by atoms with E-state index in [4.69, 9.17) is 0 Å². The molecule has 1 atom stereocenters. The standard InChI is InChI=1S/C20H27N5O3/c26-18(15-4-3-12-24(14-15)20(28)23-10-1-2-11-23)22-16-5-7-17(8-6-16)25-13-9-21-19(25)27/h5-8,15H,1-4,9-14H2,(H,21,27)(H,22,26)/t15-/m1/s1. The first-order valence-electron chi connectivity index (χ1n) is 10.1. The molecule has 4 rings (SSSR count). The van der Waals surface area contributed by atoms with E-state index >= 15 is 0 Å². The topological polar surface area (TPSA) is 85.0 Å². The van der Waals surface area contributed by atoms with Gasteiger partial charge in [0, 0.05) is 50.6 Å². The van der Waals surface area contributed by atoms with Crippen molar-refractivity contribution in [3.8, 4) is 0 Å². The molecule has 28 heavy (non-hydrogen) atoms. The summed E-state index contributed by atoms with van der Waals surface area (Å²) in [4.78, 5) is 42.4. The molecule has 3 fully saturated rings. The Balaban J connectivity index is 1.33. The molecule has 3 heterocycles. The van der Waals surface area contributed by atoms with Gasteiger partial charge in [-0.15, -0.1) is 0 Å². The summed E-state index contributed by atoms with van der Waals surface area (Å²) in [5.41, 5.74) is 1.52. The molecule has 1 aromatic carbocycles. The average molecular weight is 385 g/mol. The van der Waals surface area contributed by atoms with E-state index in [1.165, 1.54) is 0 Å². The number of piperidine rings is 1. The van der Waals surface area contributed by atoms with Gasteiger partial charge >= 0.3 is 12.1 Å². The molecular formula is C20H27N5O3. The molecule has 2 N–H and O–H groups in total. The van der Waals surface area contributed by atoms with Crippen molar-refractivity contribution >= 4 is 29.3 Å². The van der Waals surface area contributed by atoms with Crippen LogP contribution in [0.25, 0.3) is 0 Å². The van der Waals surface area contributed by atoms with Gasteiger partial charge in [0.25, 0.3) is 0 Å². The van der Waals surface area contributed by atoms with E-state index in [9.17, 15) is 14.4 Å². The molecule has 3 aliphatic rings. The molecule has 8 nitrogen and oxygen atoms in total. The minimum Gasteiger partial charge on any atom is -0.336 e. The Morgan fingerprint density at radius 1 is 0.964 bits per heavy atom. The van der Waals surface area contributed by atoms with Crippen LogP contribution < -0.4 is 15.5 Å². The van der Waals surface area contributed by atoms with Crippen molar-refractivity contribution in [1.82, 2.24) is 15.1 Å². The van der Waals surface area contributed by atoms with E-state index < -0.39 is 0 Å². The number of carbonyl (C=O) groups excluding carboxylic acids is 3. The van der Waals surface area contributed by atoms with Gasteiger partial charge in [-0.05, 0) is 49.9 Å². The molecule has 0 saturated carbocycles. The third-order valence-corrected chi connectivity index (χ3v) is 5.74. The number of anilines is 2. The molecule has 0 spiro atoms. The smallest absolute Gasteiger partial charge is 0.321 e. The third kappa shape index (κ3) is 3.90. The van der Waals surface area contributed by atoms with Gasteiger partial charge in [-0.2, -0.15) is 0 Å². The van der Waals surface area contributed by atoms with Crippen LogP contribution in [0.5, 0.6) is 0 Å². The first kappa shape index (κ1) is 18.6. The van der Waals surface area contributed by atoms with E-state index in [1.807, 2.05) is 34.1 Å². The lowest BCUT2D eigenvalue weighted by Crippen LogP contribution is -2.48. The van der Waals surface area contributed by atoms with Crippen LogP contribution in [0.1, 0.15) is 25.7 Å². The van der Waals surface area contributed by atoms with Crippen LogP contribution >= 0.6 is 0 Å². The number of likely N-dealkylation sites (tertiary alicyclic amines) is 2. The van der Waals surface area contributed by atoms with Crippen molar-refractivity contribution in [2.24, 2.45) is 5.92 Å². The van der Waals surface area contributed by atoms with Gasteiger partial charge in [-0.25, -0.2) is 9.59 Å². The van der Waals surface area contributed by atoms with E-state index in [2.05, 4.69) is 10.6 Å². The van der Waals surface area contributed by atoms with Crippen LogP contribution in [0.2, 0.25) is 0 Å². The molecule has 0 unspecified atom stereocenters. The summed E-state index contributed by atoms with van der Waals surface area (Å²) >= 11 is 0. The van der Waals surface area contributed by atoms with Crippen LogP contribution in [0, 0.1) is 5.92 Å². The molecule has 0 aromatic heterocycles. The maximum atomic E-state index is 12.7. The van der Waals surface area contributed by atoms with Crippen LogP contribution in [0.15, 0.2) is 24.3 Å². The maximum absolute atomic E-state index is 12.7. The third-order valence-electron chi connectivity index (χ3n) is 5.74. The Kier molecular flexibility index (Phi) is 5.36. The lowest BCUT2D eigenvalue weighted by Gasteiger charge is -2.34. The summed E-state index contributed by atoms with van der Waals surface area (Å²) in [6.45, 7) is 4.15. The number of hydrogen-bond acceptors (Lipinski definition) is 3. The predicted octanol–water partition coefficient (Wildman–Crippen LogP) is 2.08. The number of rotatable bonds is 3. The zero-order valence-corrected chi connectivity index (χ0v) is 16.0. The molecule has 3 aliphatic heterocycles. The fourth-order valence-corrected chi connectivity index (χ4v) is 4.16. The van der Waals surface area contributed by atoms with Crippen LogP contribution in [0.3, 0.4) is 0 Å². The monoisotopic (exact) mass is 385 g/mol. The van der Waals surface area contributed by atoms with E-state index in [1.54, 1.807) is 4.90 Å². The molecule has 5 amide bonds. The predicted molar refractivity (Wildman–Crippen MR) is 106 cm³/mol. The van der Waals surface area contributed by atoms with Crippen molar-refractivity contribution in [3.05, 3.63) is 24.3 Å². The Hall–Kier alpha value is -2.77. The second-order valence-corrected chi connectivity index (χ2v) is 7.68. The fourth-order valence-electron chi connectivity index (χ4n) is 4.16. The number of amides is 5. The van der Waals surface area contributed by atoms with Gasteiger partial charge in [0.05, 0.1) is 5.92 Å². The second-order valence-electron chi connectivity index (χ2n) is 7.68. The van der Waals surface area contributed by atoms with Gasteiger partial charge in [0.15, 0.2) is 0 Å². The van der Waals surface area contributed by atoms with Gasteiger partial charge < -0.3 is 20.4 Å². The van der Waals surface area contributed by atoms with E-state index in [0.717, 1.165) is 51.0 Å². The summed E-state index contributed by atoms with van der Waals surface area (Å²) in [7, 11) is 0. The zero-order valence-electron chi connectivity index (χ0n) is 16.0. The number of nitrogens with one attached hydrogen (secondary N) is 2. The highest BCUT2D eigenvalue weighted by atomic mass is 16.2. The molecule has 1 aromatic rings. The first-order chi connectivity index (χ1) is 13.6. The second kappa shape index (κ2) is 8.08. The highest BCUT2D eigenvalue weighted by Gasteiger charge is 2.31. The number of urea groups is 2.